The van der Waals surface area contributed by atoms with E-state index in [4.69, 9.17) is 14.6 Å². The third-order valence-electron chi connectivity index (χ3n) is 7.26. The van der Waals surface area contributed by atoms with E-state index in [-0.39, 0.29) is 35.9 Å². The summed E-state index contributed by atoms with van der Waals surface area (Å²) in [4.78, 5) is 41.0. The Balaban J connectivity index is 1.60. The number of rotatable bonds is 9. The van der Waals surface area contributed by atoms with E-state index in [1.165, 1.54) is 0 Å². The van der Waals surface area contributed by atoms with Crippen molar-refractivity contribution in [3.05, 3.63) is 65.9 Å². The van der Waals surface area contributed by atoms with E-state index in [1.807, 2.05) is 13.8 Å². The van der Waals surface area contributed by atoms with Crippen LogP contribution in [0.25, 0.3) is 5.69 Å². The van der Waals surface area contributed by atoms with Crippen LogP contribution in [-0.2, 0) is 9.53 Å². The first-order valence-electron chi connectivity index (χ1n) is 13.9. The number of hydrogen-bond donors (Lipinski definition) is 1. The molecule has 0 radical (unpaired) electrons. The minimum absolute atomic E-state index is 0.00620. The molecule has 9 nitrogen and oxygen atoms in total. The molecular formula is C31H38N4O5. The lowest BCUT2D eigenvalue weighted by atomic mass is 9.82. The fourth-order valence-electron chi connectivity index (χ4n) is 5.00. The Morgan fingerprint density at radius 3 is 2.40 bits per heavy atom. The van der Waals surface area contributed by atoms with Gasteiger partial charge in [-0.25, -0.2) is 9.48 Å². The number of amides is 2. The highest BCUT2D eigenvalue weighted by atomic mass is 16.5. The van der Waals surface area contributed by atoms with Crippen molar-refractivity contribution in [2.45, 2.75) is 59.4 Å². The lowest BCUT2D eigenvalue weighted by Crippen LogP contribution is -2.43. The first kappa shape index (κ1) is 28.9. The molecule has 40 heavy (non-hydrogen) atoms. The summed E-state index contributed by atoms with van der Waals surface area (Å²) in [5.74, 6) is 0.630. The van der Waals surface area contributed by atoms with Crippen LogP contribution in [0.3, 0.4) is 0 Å². The van der Waals surface area contributed by atoms with Crippen molar-refractivity contribution in [1.29, 1.82) is 0 Å². The second-order valence-electron chi connectivity index (χ2n) is 10.5. The maximum absolute atomic E-state index is 13.7. The average molecular weight is 547 g/mol. The normalized spacial score (nSPS) is 16.9. The number of ether oxygens (including phenoxy) is 2. The number of benzene rings is 2. The van der Waals surface area contributed by atoms with Gasteiger partial charge in [0.15, 0.2) is 5.82 Å². The quantitative estimate of drug-likeness (QED) is 0.336. The topological polar surface area (TPSA) is 103 Å². The Bertz CT molecular complexity index is 1340. The van der Waals surface area contributed by atoms with Crippen LogP contribution in [0.5, 0.6) is 5.75 Å². The Labute approximate surface area is 235 Å². The number of aromatic nitrogens is 2. The maximum Gasteiger partial charge on any atom is 0.343 e. The first-order valence-corrected chi connectivity index (χ1v) is 13.9. The molecule has 0 saturated heterocycles. The second kappa shape index (κ2) is 12.8. The number of nitrogens with one attached hydrogen (secondary N) is 1. The van der Waals surface area contributed by atoms with Crippen LogP contribution in [0.4, 0.5) is 11.5 Å². The van der Waals surface area contributed by atoms with E-state index in [1.54, 1.807) is 78.3 Å². The molecule has 3 aromatic rings. The van der Waals surface area contributed by atoms with Gasteiger partial charge in [-0.3, -0.25) is 14.5 Å². The molecule has 2 aromatic carbocycles. The zero-order valence-electron chi connectivity index (χ0n) is 23.8. The average Bonchev–Trinajstić information content (AvgIpc) is 3.38. The molecule has 0 unspecified atom stereocenters. The van der Waals surface area contributed by atoms with E-state index in [0.29, 0.717) is 34.4 Å². The van der Waals surface area contributed by atoms with Crippen molar-refractivity contribution < 1.29 is 23.9 Å². The summed E-state index contributed by atoms with van der Waals surface area (Å²) in [7, 11) is 1.55. The van der Waals surface area contributed by atoms with Crippen molar-refractivity contribution in [2.24, 2.45) is 11.8 Å². The van der Waals surface area contributed by atoms with E-state index < -0.39 is 5.97 Å². The van der Waals surface area contributed by atoms with E-state index in [2.05, 4.69) is 12.2 Å². The molecule has 1 saturated carbocycles. The van der Waals surface area contributed by atoms with E-state index in [0.717, 1.165) is 25.7 Å². The number of esters is 1. The van der Waals surface area contributed by atoms with E-state index in [9.17, 15) is 14.4 Å². The Kier molecular flexibility index (Phi) is 9.24. The molecule has 9 heteroatoms. The summed E-state index contributed by atoms with van der Waals surface area (Å²) in [6, 6.07) is 13.8. The van der Waals surface area contributed by atoms with Gasteiger partial charge in [-0.15, -0.1) is 5.10 Å². The minimum Gasteiger partial charge on any atom is -0.497 e. The summed E-state index contributed by atoms with van der Waals surface area (Å²) in [6.45, 7) is 8.03. The van der Waals surface area contributed by atoms with Gasteiger partial charge in [-0.05, 0) is 94.8 Å². The van der Waals surface area contributed by atoms with Gasteiger partial charge in [0.25, 0.3) is 5.91 Å². The standard InChI is InChI=1S/C31H38N4O5/c1-6-40-31(38)27-19-34(33-28(27)35(20(2)3)30(37)22-12-10-21(4)11-13-22)25-16-14-24(15-17-25)32-29(36)23-8-7-9-26(18-23)39-5/h7-9,14-22H,6,10-13H2,1-5H3,(H,32,36)/t21-,22-. The van der Waals surface area contributed by atoms with Crippen LogP contribution in [-0.4, -0.2) is 47.3 Å². The number of hydrogen-bond acceptors (Lipinski definition) is 6. The summed E-state index contributed by atoms with van der Waals surface area (Å²) in [6.07, 6.45) is 5.30. The van der Waals surface area contributed by atoms with Gasteiger partial charge in [0.2, 0.25) is 5.91 Å². The zero-order chi connectivity index (χ0) is 28.8. The number of methoxy groups -OCH3 is 1. The Hall–Kier alpha value is -4.14. The van der Waals surface area contributed by atoms with Gasteiger partial charge in [-0.2, -0.15) is 0 Å². The van der Waals surface area contributed by atoms with Crippen LogP contribution in [0.1, 0.15) is 74.1 Å². The van der Waals surface area contributed by atoms with Crippen molar-refractivity contribution in [3.63, 3.8) is 0 Å². The SMILES string of the molecule is CCOC(=O)c1cn(-c2ccc(NC(=O)c3cccc(OC)c3)cc2)nc1N(C(=O)[C@H]1CC[C@H](C)CC1)C(C)C. The molecule has 1 heterocycles. The number of carbonyl (C=O) groups excluding carboxylic acids is 3. The van der Waals surface area contributed by atoms with Crippen molar-refractivity contribution in [2.75, 3.05) is 23.9 Å². The van der Waals surface area contributed by atoms with Crippen LogP contribution in [0.15, 0.2) is 54.7 Å². The molecule has 0 atom stereocenters. The predicted molar refractivity (Wildman–Crippen MR) is 154 cm³/mol. The zero-order valence-corrected chi connectivity index (χ0v) is 23.8. The lowest BCUT2D eigenvalue weighted by molar-refractivity contribution is -0.124. The van der Waals surface area contributed by atoms with E-state index >= 15 is 0 Å². The van der Waals surface area contributed by atoms with Gasteiger partial charge in [0.1, 0.15) is 11.3 Å². The molecule has 1 aliphatic carbocycles. The molecule has 1 aliphatic rings. The highest BCUT2D eigenvalue weighted by Gasteiger charge is 2.34. The Morgan fingerprint density at radius 1 is 1.07 bits per heavy atom. The molecule has 1 aromatic heterocycles. The molecule has 2 amide bonds. The van der Waals surface area contributed by atoms with Crippen LogP contribution in [0.2, 0.25) is 0 Å². The monoisotopic (exact) mass is 546 g/mol. The van der Waals surface area contributed by atoms with Gasteiger partial charge < -0.3 is 14.8 Å². The smallest absolute Gasteiger partial charge is 0.343 e. The van der Waals surface area contributed by atoms with Crippen LogP contribution in [0, 0.1) is 11.8 Å². The molecule has 0 aliphatic heterocycles. The van der Waals surface area contributed by atoms with Gasteiger partial charge >= 0.3 is 5.97 Å². The van der Waals surface area contributed by atoms with Crippen molar-refractivity contribution in [3.8, 4) is 11.4 Å². The van der Waals surface area contributed by atoms with Crippen LogP contribution >= 0.6 is 0 Å². The molecule has 212 valence electrons. The minimum atomic E-state index is -0.526. The van der Waals surface area contributed by atoms with Gasteiger partial charge in [0, 0.05) is 29.4 Å². The maximum atomic E-state index is 13.7. The van der Waals surface area contributed by atoms with Gasteiger partial charge in [0.05, 0.1) is 19.4 Å². The molecule has 1 N–H and O–H groups in total. The molecule has 1 fully saturated rings. The second-order valence-corrected chi connectivity index (χ2v) is 10.5. The lowest BCUT2D eigenvalue weighted by Gasteiger charge is -2.32. The third kappa shape index (κ3) is 6.52. The first-order chi connectivity index (χ1) is 19.2. The van der Waals surface area contributed by atoms with Crippen molar-refractivity contribution >= 4 is 29.3 Å². The fourth-order valence-corrected chi connectivity index (χ4v) is 5.00. The number of anilines is 2. The summed E-state index contributed by atoms with van der Waals surface area (Å²) in [5, 5.41) is 7.59. The molecule has 4 rings (SSSR count). The fraction of sp³-hybridized carbons (Fsp3) is 0.419. The highest BCUT2D eigenvalue weighted by molar-refractivity contribution is 6.04. The molecule has 0 spiro atoms. The third-order valence-corrected chi connectivity index (χ3v) is 7.26. The largest absolute Gasteiger partial charge is 0.497 e. The van der Waals surface area contributed by atoms with Crippen molar-refractivity contribution in [1.82, 2.24) is 9.78 Å². The summed E-state index contributed by atoms with van der Waals surface area (Å²) >= 11 is 0. The number of nitrogens with zero attached hydrogens (tertiary/aromatic N) is 3. The summed E-state index contributed by atoms with van der Waals surface area (Å²) < 4.78 is 12.1. The van der Waals surface area contributed by atoms with Gasteiger partial charge in [-0.1, -0.05) is 13.0 Å². The molecular weight excluding hydrogens is 508 g/mol. The van der Waals surface area contributed by atoms with Crippen LogP contribution < -0.4 is 15.0 Å². The molecule has 0 bridgehead atoms. The Morgan fingerprint density at radius 2 is 1.77 bits per heavy atom. The summed E-state index contributed by atoms with van der Waals surface area (Å²) in [5.41, 5.74) is 1.98. The number of carbonyl (C=O) groups is 3. The highest BCUT2D eigenvalue weighted by Crippen LogP contribution is 2.33. The predicted octanol–water partition coefficient (Wildman–Crippen LogP) is 5.88.